The second-order valence-electron chi connectivity index (χ2n) is 3.83. The number of hydrogen-bond acceptors (Lipinski definition) is 4. The summed E-state index contributed by atoms with van der Waals surface area (Å²) in [7, 11) is 0. The van der Waals surface area contributed by atoms with E-state index in [0.717, 1.165) is 0 Å². The number of Topliss-reactive ketones (excluding diaryl/α,β-unsaturated/α-hetero) is 1. The molecule has 0 bridgehead atoms. The number of ketones is 1. The van der Waals surface area contributed by atoms with Gasteiger partial charge in [-0.05, 0) is 6.07 Å². The average molecular weight is 321 g/mol. The molecule has 1 amide bonds. The van der Waals surface area contributed by atoms with Gasteiger partial charge in [0, 0.05) is 6.92 Å². The van der Waals surface area contributed by atoms with Crippen molar-refractivity contribution in [1.29, 1.82) is 0 Å². The summed E-state index contributed by atoms with van der Waals surface area (Å²) in [5.41, 5.74) is 5.98. The van der Waals surface area contributed by atoms with Gasteiger partial charge in [-0.15, -0.1) is 0 Å². The zero-order valence-electron chi connectivity index (χ0n) is 9.61. The Labute approximate surface area is 123 Å². The van der Waals surface area contributed by atoms with Gasteiger partial charge >= 0.3 is 0 Å². The third-order valence-corrected chi connectivity index (χ3v) is 3.78. The molecule has 100 valence electrons. The zero-order chi connectivity index (χ0) is 14.3. The lowest BCUT2D eigenvalue weighted by molar-refractivity contribution is -0.116. The number of primary amides is 1. The summed E-state index contributed by atoms with van der Waals surface area (Å²) in [6.45, 7) is 1.30. The molecule has 4 N–H and O–H groups in total. The highest BCUT2D eigenvalue weighted by Gasteiger charge is 2.26. The highest BCUT2D eigenvalue weighted by atomic mass is 35.5. The van der Waals surface area contributed by atoms with Crippen molar-refractivity contribution in [2.75, 3.05) is 10.6 Å². The normalized spacial score (nSPS) is 13.5. The maximum absolute atomic E-state index is 11.5. The van der Waals surface area contributed by atoms with E-state index < -0.39 is 5.91 Å². The standard InChI is InChI=1S/C11H8Cl3N3O2/c1-3(18)8-10(11(15)19)16-5-2-4(12)6(13)7(14)9(5)17-8/h2,16-17H,1H3,(H2,15,19). The van der Waals surface area contributed by atoms with Crippen LogP contribution < -0.4 is 16.4 Å². The second kappa shape index (κ2) is 4.92. The van der Waals surface area contributed by atoms with E-state index >= 15 is 0 Å². The highest BCUT2D eigenvalue weighted by Crippen LogP contribution is 2.44. The molecule has 8 heteroatoms. The van der Waals surface area contributed by atoms with Crippen LogP contribution in [-0.2, 0) is 9.59 Å². The molecule has 0 radical (unpaired) electrons. The first-order chi connectivity index (χ1) is 8.82. The van der Waals surface area contributed by atoms with Gasteiger partial charge in [-0.3, -0.25) is 9.59 Å². The van der Waals surface area contributed by atoms with Gasteiger partial charge in [-0.1, -0.05) is 34.8 Å². The summed E-state index contributed by atoms with van der Waals surface area (Å²) in [6.07, 6.45) is 0. The van der Waals surface area contributed by atoms with Gasteiger partial charge in [-0.2, -0.15) is 0 Å². The van der Waals surface area contributed by atoms with E-state index in [9.17, 15) is 9.59 Å². The SMILES string of the molecule is CC(=O)C1=C(C(N)=O)Nc2cc(Cl)c(Cl)c(Cl)c2N1. The number of nitrogens with one attached hydrogen (secondary N) is 2. The van der Waals surface area contributed by atoms with Crippen LogP contribution >= 0.6 is 34.8 Å². The Morgan fingerprint density at radius 3 is 2.26 bits per heavy atom. The van der Waals surface area contributed by atoms with Crippen LogP contribution in [0.15, 0.2) is 17.5 Å². The molecule has 1 aliphatic rings. The Morgan fingerprint density at radius 1 is 1.11 bits per heavy atom. The van der Waals surface area contributed by atoms with Crippen LogP contribution in [0.5, 0.6) is 0 Å². The topological polar surface area (TPSA) is 84.2 Å². The van der Waals surface area contributed by atoms with Crippen molar-refractivity contribution in [3.8, 4) is 0 Å². The number of anilines is 2. The third kappa shape index (κ3) is 2.36. The van der Waals surface area contributed by atoms with Gasteiger partial charge in [-0.25, -0.2) is 0 Å². The van der Waals surface area contributed by atoms with Gasteiger partial charge < -0.3 is 16.4 Å². The van der Waals surface area contributed by atoms with E-state index in [4.69, 9.17) is 40.5 Å². The highest BCUT2D eigenvalue weighted by molar-refractivity contribution is 6.50. The molecule has 0 spiro atoms. The number of carbonyl (C=O) groups is 2. The molecular formula is C11H8Cl3N3O2. The Kier molecular flexibility index (Phi) is 3.62. The Morgan fingerprint density at radius 2 is 1.74 bits per heavy atom. The molecule has 0 saturated carbocycles. The molecule has 0 aromatic heterocycles. The number of hydrogen-bond donors (Lipinski definition) is 3. The fourth-order valence-electron chi connectivity index (χ4n) is 1.65. The summed E-state index contributed by atoms with van der Waals surface area (Å²) in [5.74, 6) is -1.14. The Bertz CT molecular complexity index is 641. The summed E-state index contributed by atoms with van der Waals surface area (Å²) in [6, 6.07) is 1.48. The number of carbonyl (C=O) groups excluding carboxylic acids is 2. The van der Waals surface area contributed by atoms with E-state index in [1.54, 1.807) is 0 Å². The fourth-order valence-corrected chi connectivity index (χ4v) is 2.30. The van der Waals surface area contributed by atoms with Crippen LogP contribution in [0.2, 0.25) is 15.1 Å². The number of halogens is 3. The number of benzene rings is 1. The summed E-state index contributed by atoms with van der Waals surface area (Å²) in [5, 5.41) is 6.01. The lowest BCUT2D eigenvalue weighted by atomic mass is 10.1. The van der Waals surface area contributed by atoms with Crippen molar-refractivity contribution in [1.82, 2.24) is 0 Å². The maximum Gasteiger partial charge on any atom is 0.267 e. The lowest BCUT2D eigenvalue weighted by Crippen LogP contribution is -2.30. The first-order valence-corrected chi connectivity index (χ1v) is 6.23. The smallest absolute Gasteiger partial charge is 0.267 e. The minimum absolute atomic E-state index is 0.0280. The van der Waals surface area contributed by atoms with Crippen LogP contribution in [0.4, 0.5) is 11.4 Å². The van der Waals surface area contributed by atoms with Crippen LogP contribution in [0.3, 0.4) is 0 Å². The number of nitrogens with two attached hydrogens (primary N) is 1. The minimum Gasteiger partial charge on any atom is -0.364 e. The first kappa shape index (κ1) is 14.0. The summed E-state index contributed by atoms with van der Waals surface area (Å²) >= 11 is 17.9. The van der Waals surface area contributed by atoms with Gasteiger partial charge in [0.2, 0.25) is 0 Å². The zero-order valence-corrected chi connectivity index (χ0v) is 11.9. The Hall–Kier alpha value is -1.43. The molecule has 0 saturated heterocycles. The molecule has 0 aliphatic carbocycles. The molecule has 1 heterocycles. The van der Waals surface area contributed by atoms with Gasteiger partial charge in [0.05, 0.1) is 26.4 Å². The Balaban J connectivity index is 2.62. The molecule has 19 heavy (non-hydrogen) atoms. The predicted octanol–water partition coefficient (Wildman–Crippen LogP) is 2.77. The van der Waals surface area contributed by atoms with E-state index in [-0.39, 0.29) is 32.2 Å². The molecule has 1 aliphatic heterocycles. The molecule has 0 fully saturated rings. The van der Waals surface area contributed by atoms with Gasteiger partial charge in [0.25, 0.3) is 5.91 Å². The molecule has 0 unspecified atom stereocenters. The monoisotopic (exact) mass is 319 g/mol. The average Bonchev–Trinajstić information content (AvgIpc) is 2.34. The van der Waals surface area contributed by atoms with Crippen LogP contribution in [-0.4, -0.2) is 11.7 Å². The van der Waals surface area contributed by atoms with Crippen molar-refractivity contribution in [3.63, 3.8) is 0 Å². The van der Waals surface area contributed by atoms with Crippen LogP contribution in [0.25, 0.3) is 0 Å². The van der Waals surface area contributed by atoms with Gasteiger partial charge in [0.1, 0.15) is 11.4 Å². The number of allylic oxidation sites excluding steroid dienone is 1. The molecule has 1 aromatic rings. The van der Waals surface area contributed by atoms with Crippen LogP contribution in [0.1, 0.15) is 6.92 Å². The number of rotatable bonds is 2. The van der Waals surface area contributed by atoms with Gasteiger partial charge in [0.15, 0.2) is 5.78 Å². The van der Waals surface area contributed by atoms with Crippen molar-refractivity contribution in [2.24, 2.45) is 5.73 Å². The first-order valence-electron chi connectivity index (χ1n) is 5.09. The summed E-state index contributed by atoms with van der Waals surface area (Å²) < 4.78 is 0. The van der Waals surface area contributed by atoms with E-state index in [2.05, 4.69) is 10.6 Å². The summed E-state index contributed by atoms with van der Waals surface area (Å²) in [4.78, 5) is 22.8. The van der Waals surface area contributed by atoms with Crippen LogP contribution in [0, 0.1) is 0 Å². The third-order valence-electron chi connectivity index (χ3n) is 2.52. The van der Waals surface area contributed by atoms with E-state index in [0.29, 0.717) is 11.4 Å². The second-order valence-corrected chi connectivity index (χ2v) is 4.99. The number of amides is 1. The quantitative estimate of drug-likeness (QED) is 0.732. The predicted molar refractivity (Wildman–Crippen MR) is 75.6 cm³/mol. The lowest BCUT2D eigenvalue weighted by Gasteiger charge is -2.25. The molecule has 0 atom stereocenters. The van der Waals surface area contributed by atoms with Crippen molar-refractivity contribution >= 4 is 57.9 Å². The minimum atomic E-state index is -0.773. The maximum atomic E-state index is 11.5. The van der Waals surface area contributed by atoms with E-state index in [1.165, 1.54) is 13.0 Å². The fraction of sp³-hybridized carbons (Fsp3) is 0.0909. The molecule has 2 rings (SSSR count). The van der Waals surface area contributed by atoms with E-state index in [1.807, 2.05) is 0 Å². The largest absolute Gasteiger partial charge is 0.364 e. The molecular weight excluding hydrogens is 312 g/mol. The van der Waals surface area contributed by atoms with Crippen molar-refractivity contribution < 1.29 is 9.59 Å². The number of fused-ring (bicyclic) bond motifs is 1. The van der Waals surface area contributed by atoms with Crippen molar-refractivity contribution in [2.45, 2.75) is 6.92 Å². The molecule has 5 nitrogen and oxygen atoms in total. The molecule has 1 aromatic carbocycles. The van der Waals surface area contributed by atoms with Crippen molar-refractivity contribution in [3.05, 3.63) is 32.5 Å².